The minimum Gasteiger partial charge on any atom is -0.306 e. The van der Waals surface area contributed by atoms with Crippen molar-refractivity contribution in [1.82, 2.24) is 8.80 Å². The fourth-order valence-electron chi connectivity index (χ4n) is 12.6. The number of fused-ring (bicyclic) bond motifs is 15. The molecule has 0 atom stereocenters. The molecule has 5 heterocycles. The van der Waals surface area contributed by atoms with Gasteiger partial charge < -0.3 is 4.40 Å². The number of thiophene rings is 1. The summed E-state index contributed by atoms with van der Waals surface area (Å²) < 4.78 is 6.68. The molecule has 0 aliphatic carbocycles. The molecule has 0 saturated carbocycles. The lowest BCUT2D eigenvalue weighted by Gasteiger charge is -2.26. The lowest BCUT2D eigenvalue weighted by Crippen LogP contribution is -2.16. The van der Waals surface area contributed by atoms with E-state index >= 15 is 0 Å². The van der Waals surface area contributed by atoms with Gasteiger partial charge in [0, 0.05) is 53.2 Å². The first-order chi connectivity index (χ1) is 35.9. The van der Waals surface area contributed by atoms with Crippen molar-refractivity contribution in [3.63, 3.8) is 0 Å². The number of benzene rings is 8. The summed E-state index contributed by atoms with van der Waals surface area (Å²) in [6.45, 7) is 42.3. The van der Waals surface area contributed by atoms with Crippen molar-refractivity contribution in [2.75, 3.05) is 0 Å². The van der Waals surface area contributed by atoms with E-state index in [9.17, 15) is 0 Å². The molecule has 0 N–H and O–H groups in total. The minimum atomic E-state index is -0.0123. The molecule has 5 aromatic heterocycles. The molecule has 0 aliphatic rings. The largest absolute Gasteiger partial charge is 0.306 e. The first kappa shape index (κ1) is 49.9. The Kier molecular flexibility index (Phi) is 10.3. The third-order valence-electron chi connectivity index (χ3n) is 17.4. The van der Waals surface area contributed by atoms with Gasteiger partial charge in [-0.15, -0.1) is 11.3 Å². The van der Waals surface area contributed by atoms with Gasteiger partial charge in [-0.1, -0.05) is 216 Å². The van der Waals surface area contributed by atoms with Crippen LogP contribution in [0.2, 0.25) is 0 Å². The molecular weight excluding hydrogens is 949 g/mol. The molecule has 0 amide bonds. The Morgan fingerprint density at radius 3 is 1.06 bits per heavy atom. The molecule has 8 aromatic carbocycles. The van der Waals surface area contributed by atoms with Crippen molar-refractivity contribution in [3.05, 3.63) is 167 Å². The van der Waals surface area contributed by atoms with Gasteiger partial charge in [0.1, 0.15) is 4.83 Å². The fourth-order valence-corrected chi connectivity index (χ4v) is 13.8. The highest BCUT2D eigenvalue weighted by Crippen LogP contribution is 2.52. The number of hydrogen-bond donors (Lipinski definition) is 0. The van der Waals surface area contributed by atoms with E-state index in [1.54, 1.807) is 0 Å². The smallest absolute Gasteiger partial charge is 0.109 e. The van der Waals surface area contributed by atoms with Gasteiger partial charge in [-0.2, -0.15) is 0 Å². The lowest BCUT2D eigenvalue weighted by molar-refractivity contribution is 0.568. The summed E-state index contributed by atoms with van der Waals surface area (Å²) in [6.07, 6.45) is 0. The van der Waals surface area contributed by atoms with Crippen LogP contribution in [0.5, 0.6) is 0 Å². The zero-order valence-electron chi connectivity index (χ0n) is 49.0. The van der Waals surface area contributed by atoms with Crippen LogP contribution >= 0.6 is 11.3 Å². The number of nitrogens with zero attached hydrogens (tertiary/aromatic N) is 2. The third-order valence-corrected chi connectivity index (χ3v) is 18.6. The van der Waals surface area contributed by atoms with Crippen molar-refractivity contribution in [3.8, 4) is 33.4 Å². The summed E-state index contributed by atoms with van der Waals surface area (Å²) >= 11 is 1.94. The van der Waals surface area contributed by atoms with Gasteiger partial charge in [0.2, 0.25) is 0 Å². The predicted octanol–water partition coefficient (Wildman–Crippen LogP) is 22.0. The van der Waals surface area contributed by atoms with Crippen LogP contribution in [0.15, 0.2) is 133 Å². The quantitative estimate of drug-likeness (QED) is 0.167. The van der Waals surface area contributed by atoms with E-state index in [0.29, 0.717) is 0 Å². The first-order valence-corrected chi connectivity index (χ1v) is 29.0. The zero-order valence-corrected chi connectivity index (χ0v) is 49.8. The standard InChI is InChI=1S/C74H76N2S/c1-69(2,3)47-27-42(28-48(38-47)70(4,5)6)41-23-26-61-56(33-41)59-36-45(43-29-49(71(7,8)9)39-50(30-43)72(10,11)12)34-57-53-24-25-54-58-35-46(44-31-51(73(13,14)15)40-52(32-44)74(16,17)18)37-60-63-55-21-19-20-22-62(55)77-68(63)76(65(58)60)67(54)66(53)75(61)64(57)59/h19-40H,1-18H3. The van der Waals surface area contributed by atoms with Crippen LogP contribution in [0.1, 0.15) is 158 Å². The molecule has 77 heavy (non-hydrogen) atoms. The van der Waals surface area contributed by atoms with Gasteiger partial charge >= 0.3 is 0 Å². The SMILES string of the molecule is CC(C)(C)c1cc(-c2ccc3c(c2)c2cc(-c4cc(C(C)(C)C)cc(C(C)(C)C)c4)cc4c5ccc6c7cc(-c8cc(C(C)(C)C)cc(C(C)(C)C)c8)cc8c9c%10ccccc%10sc9n(c78)c6c5n3c24)cc(C(C)(C)C)c1. The van der Waals surface area contributed by atoms with E-state index in [1.165, 1.54) is 152 Å². The maximum atomic E-state index is 2.68. The summed E-state index contributed by atoms with van der Waals surface area (Å²) in [5.74, 6) is 0. The molecule has 0 radical (unpaired) electrons. The monoisotopic (exact) mass is 1020 g/mol. The van der Waals surface area contributed by atoms with Crippen LogP contribution in [-0.2, 0) is 32.5 Å². The van der Waals surface area contributed by atoms with Crippen molar-refractivity contribution in [2.24, 2.45) is 0 Å². The Bertz CT molecular complexity index is 4500. The summed E-state index contributed by atoms with van der Waals surface area (Å²) in [7, 11) is 0. The maximum Gasteiger partial charge on any atom is 0.109 e. The second-order valence-corrected chi connectivity index (χ2v) is 30.3. The van der Waals surface area contributed by atoms with Crippen LogP contribution in [0.25, 0.3) is 119 Å². The van der Waals surface area contributed by atoms with E-state index in [0.717, 1.165) is 0 Å². The Balaban J connectivity index is 1.19. The van der Waals surface area contributed by atoms with Crippen molar-refractivity contribution in [1.29, 1.82) is 0 Å². The van der Waals surface area contributed by atoms with Gasteiger partial charge in [0.05, 0.1) is 27.6 Å². The zero-order chi connectivity index (χ0) is 54.6. The first-order valence-electron chi connectivity index (χ1n) is 28.2. The molecule has 3 heteroatoms. The number of rotatable bonds is 3. The van der Waals surface area contributed by atoms with Crippen molar-refractivity contribution < 1.29 is 0 Å². The van der Waals surface area contributed by atoms with Crippen LogP contribution in [0.3, 0.4) is 0 Å². The highest BCUT2D eigenvalue weighted by atomic mass is 32.1. The van der Waals surface area contributed by atoms with Gasteiger partial charge in [0.15, 0.2) is 0 Å². The van der Waals surface area contributed by atoms with E-state index in [-0.39, 0.29) is 32.5 Å². The summed E-state index contributed by atoms with van der Waals surface area (Å²) in [6, 6.07) is 53.6. The lowest BCUT2D eigenvalue weighted by atomic mass is 9.78. The molecular formula is C74H76N2S. The maximum absolute atomic E-state index is 2.68. The number of aromatic nitrogens is 2. The molecule has 0 fully saturated rings. The summed E-state index contributed by atoms with van der Waals surface area (Å²) in [4.78, 5) is 1.32. The normalized spacial score (nSPS) is 13.8. The minimum absolute atomic E-state index is 0.000811. The topological polar surface area (TPSA) is 8.82 Å². The molecule has 0 bridgehead atoms. The second-order valence-electron chi connectivity index (χ2n) is 29.3. The molecule has 0 aliphatic heterocycles. The van der Waals surface area contributed by atoms with E-state index in [4.69, 9.17) is 0 Å². The Morgan fingerprint density at radius 2 is 0.623 bits per heavy atom. The third kappa shape index (κ3) is 7.67. The average molecular weight is 1030 g/mol. The van der Waals surface area contributed by atoms with E-state index in [1.807, 2.05) is 11.3 Å². The Hall–Kier alpha value is -6.68. The second kappa shape index (κ2) is 16.0. The average Bonchev–Trinajstić information content (AvgIpc) is 3.94. The van der Waals surface area contributed by atoms with Gasteiger partial charge in [-0.25, -0.2) is 0 Å². The summed E-state index contributed by atoms with van der Waals surface area (Å²) in [5.41, 5.74) is 22.3. The Morgan fingerprint density at radius 1 is 0.273 bits per heavy atom. The Labute approximate surface area is 460 Å². The van der Waals surface area contributed by atoms with Gasteiger partial charge in [0.25, 0.3) is 0 Å². The van der Waals surface area contributed by atoms with Crippen LogP contribution in [0.4, 0.5) is 0 Å². The van der Waals surface area contributed by atoms with Gasteiger partial charge in [-0.05, 0) is 142 Å². The van der Waals surface area contributed by atoms with Crippen LogP contribution in [0, 0.1) is 0 Å². The summed E-state index contributed by atoms with van der Waals surface area (Å²) in [5, 5.41) is 11.8. The van der Waals surface area contributed by atoms with Crippen LogP contribution in [-0.4, -0.2) is 8.80 Å². The van der Waals surface area contributed by atoms with Crippen molar-refractivity contribution >= 4 is 96.9 Å². The molecule has 388 valence electrons. The molecule has 0 saturated heterocycles. The van der Waals surface area contributed by atoms with E-state index < -0.39 is 0 Å². The number of hydrogen-bond acceptors (Lipinski definition) is 1. The highest BCUT2D eigenvalue weighted by molar-refractivity contribution is 7.25. The molecule has 13 rings (SSSR count). The van der Waals surface area contributed by atoms with Crippen molar-refractivity contribution in [2.45, 2.75) is 157 Å². The molecule has 13 aromatic rings. The van der Waals surface area contributed by atoms with E-state index in [2.05, 4.69) is 267 Å². The highest BCUT2D eigenvalue weighted by Gasteiger charge is 2.30. The molecule has 0 unspecified atom stereocenters. The fraction of sp³-hybridized carbons (Fsp3) is 0.324. The molecule has 0 spiro atoms. The molecule has 2 nitrogen and oxygen atoms in total. The van der Waals surface area contributed by atoms with Gasteiger partial charge in [-0.3, -0.25) is 4.40 Å². The van der Waals surface area contributed by atoms with Crippen LogP contribution < -0.4 is 0 Å². The predicted molar refractivity (Wildman–Crippen MR) is 340 cm³/mol.